The van der Waals surface area contributed by atoms with E-state index in [9.17, 15) is 4.79 Å². The van der Waals surface area contributed by atoms with E-state index in [4.69, 9.17) is 4.74 Å². The number of ether oxygens (including phenoxy) is 1. The Kier molecular flexibility index (Phi) is 5.03. The van der Waals surface area contributed by atoms with Gasteiger partial charge in [-0.25, -0.2) is 9.97 Å². The van der Waals surface area contributed by atoms with Crippen molar-refractivity contribution in [1.29, 1.82) is 0 Å². The van der Waals surface area contributed by atoms with E-state index in [0.717, 1.165) is 24.4 Å². The van der Waals surface area contributed by atoms with Gasteiger partial charge in [-0.15, -0.1) is 0 Å². The van der Waals surface area contributed by atoms with E-state index < -0.39 is 0 Å². The minimum Gasteiger partial charge on any atom is -0.379 e. The number of anilines is 1. The zero-order chi connectivity index (χ0) is 14.5. The third-order valence-electron chi connectivity index (χ3n) is 3.29. The minimum absolute atomic E-state index is 0.0702. The number of aromatic nitrogens is 2. The molecule has 1 aliphatic heterocycles. The van der Waals surface area contributed by atoms with Gasteiger partial charge in [0.15, 0.2) is 0 Å². The van der Waals surface area contributed by atoms with Crippen LogP contribution in [0.2, 0.25) is 0 Å². The topological polar surface area (TPSA) is 76.1 Å². The summed E-state index contributed by atoms with van der Waals surface area (Å²) < 4.78 is 5.41. The Balaban J connectivity index is 1.99. The fourth-order valence-corrected chi connectivity index (χ4v) is 2.33. The number of amides is 1. The number of hydrogen-bond acceptors (Lipinski definition) is 5. The number of nitrogens with one attached hydrogen (secondary N) is 2. The summed E-state index contributed by atoms with van der Waals surface area (Å²) in [5, 5.41) is 6.13. The highest BCUT2D eigenvalue weighted by Crippen LogP contribution is 2.16. The number of nitrogens with zero attached hydrogens (tertiary/aromatic N) is 2. The average Bonchev–Trinajstić information content (AvgIpc) is 2.83. The average molecular weight is 278 g/mol. The third kappa shape index (κ3) is 3.74. The van der Waals surface area contributed by atoms with Crippen molar-refractivity contribution < 1.29 is 9.53 Å². The molecule has 6 nitrogen and oxygen atoms in total. The van der Waals surface area contributed by atoms with Crippen LogP contribution < -0.4 is 10.6 Å². The van der Waals surface area contributed by atoms with E-state index >= 15 is 0 Å². The van der Waals surface area contributed by atoms with E-state index in [0.29, 0.717) is 19.2 Å². The molecule has 0 radical (unpaired) electrons. The van der Waals surface area contributed by atoms with Crippen LogP contribution in [0.4, 0.5) is 5.95 Å². The van der Waals surface area contributed by atoms with Gasteiger partial charge >= 0.3 is 0 Å². The van der Waals surface area contributed by atoms with Gasteiger partial charge in [0, 0.05) is 17.4 Å². The van der Waals surface area contributed by atoms with Crippen molar-refractivity contribution in [2.45, 2.75) is 33.2 Å². The molecule has 2 heterocycles. The van der Waals surface area contributed by atoms with Crippen molar-refractivity contribution in [3.63, 3.8) is 0 Å². The van der Waals surface area contributed by atoms with Crippen molar-refractivity contribution in [3.8, 4) is 0 Å². The Morgan fingerprint density at radius 2 is 2.05 bits per heavy atom. The largest absolute Gasteiger partial charge is 0.379 e. The molecule has 2 N–H and O–H groups in total. The summed E-state index contributed by atoms with van der Waals surface area (Å²) in [5.41, 5.74) is 1.69. The lowest BCUT2D eigenvalue weighted by Gasteiger charge is -2.18. The van der Waals surface area contributed by atoms with Gasteiger partial charge in [0.25, 0.3) is 0 Å². The highest BCUT2D eigenvalue weighted by Gasteiger charge is 2.33. The van der Waals surface area contributed by atoms with Gasteiger partial charge in [0.05, 0.1) is 19.1 Å². The molecular formula is C14H22N4O2. The van der Waals surface area contributed by atoms with Gasteiger partial charge in [-0.3, -0.25) is 10.1 Å². The van der Waals surface area contributed by atoms with E-state index in [2.05, 4.69) is 27.5 Å². The first kappa shape index (κ1) is 14.9. The van der Waals surface area contributed by atoms with Crippen LogP contribution in [0.1, 0.15) is 24.7 Å². The summed E-state index contributed by atoms with van der Waals surface area (Å²) in [7, 11) is 0. The third-order valence-corrected chi connectivity index (χ3v) is 3.29. The second kappa shape index (κ2) is 6.76. The fraction of sp³-hybridized carbons (Fsp3) is 0.643. The summed E-state index contributed by atoms with van der Waals surface area (Å²) in [5.74, 6) is 0.0979. The van der Waals surface area contributed by atoms with Gasteiger partial charge in [-0.05, 0) is 32.9 Å². The Bertz CT molecular complexity index is 458. The second-order valence-corrected chi connectivity index (χ2v) is 5.17. The molecule has 1 aliphatic rings. The number of carbonyl (C=O) groups is 1. The summed E-state index contributed by atoms with van der Waals surface area (Å²) in [6.45, 7) is 7.77. The van der Waals surface area contributed by atoms with Gasteiger partial charge < -0.3 is 10.1 Å². The first-order valence-corrected chi connectivity index (χ1v) is 7.04. The van der Waals surface area contributed by atoms with Crippen molar-refractivity contribution in [1.82, 2.24) is 15.3 Å². The lowest BCUT2D eigenvalue weighted by Crippen LogP contribution is -2.42. The van der Waals surface area contributed by atoms with Crippen LogP contribution in [0.25, 0.3) is 0 Å². The summed E-state index contributed by atoms with van der Waals surface area (Å²) >= 11 is 0. The van der Waals surface area contributed by atoms with Crippen molar-refractivity contribution >= 4 is 11.9 Å². The maximum absolute atomic E-state index is 12.3. The van der Waals surface area contributed by atoms with Gasteiger partial charge in [-0.2, -0.15) is 0 Å². The lowest BCUT2D eigenvalue weighted by molar-refractivity contribution is -0.120. The number of rotatable bonds is 5. The Morgan fingerprint density at radius 1 is 1.35 bits per heavy atom. The first-order valence-electron chi connectivity index (χ1n) is 7.04. The standard InChI is InChI=1S/C14H22N4O2/c1-4-5-15-12-8-20-7-11(12)13(19)18-14-16-9(2)6-10(3)17-14/h6,11-12,15H,4-5,7-8H2,1-3H3,(H,16,17,18,19). The van der Waals surface area contributed by atoms with Crippen molar-refractivity contribution in [3.05, 3.63) is 17.5 Å². The van der Waals surface area contributed by atoms with Gasteiger partial charge in [0.1, 0.15) is 0 Å². The molecule has 0 aliphatic carbocycles. The SMILES string of the molecule is CCCNC1COCC1C(=O)Nc1nc(C)cc(C)n1. The van der Waals surface area contributed by atoms with E-state index in [1.165, 1.54) is 0 Å². The Labute approximate surface area is 119 Å². The number of aryl methyl sites for hydroxylation is 2. The quantitative estimate of drug-likeness (QED) is 0.842. The van der Waals surface area contributed by atoms with Crippen LogP contribution in [0.5, 0.6) is 0 Å². The number of carbonyl (C=O) groups excluding carboxylic acids is 1. The van der Waals surface area contributed by atoms with E-state index in [1.54, 1.807) is 0 Å². The molecule has 1 amide bonds. The zero-order valence-electron chi connectivity index (χ0n) is 12.3. The van der Waals surface area contributed by atoms with Gasteiger partial charge in [-0.1, -0.05) is 6.92 Å². The molecule has 0 spiro atoms. The zero-order valence-corrected chi connectivity index (χ0v) is 12.3. The fourth-order valence-electron chi connectivity index (χ4n) is 2.33. The van der Waals surface area contributed by atoms with Crippen LogP contribution in [-0.2, 0) is 9.53 Å². The lowest BCUT2D eigenvalue weighted by atomic mass is 10.0. The van der Waals surface area contributed by atoms with Gasteiger partial charge in [0.2, 0.25) is 11.9 Å². The predicted octanol–water partition coefficient (Wildman–Crippen LogP) is 1.05. The van der Waals surface area contributed by atoms with E-state index in [-0.39, 0.29) is 17.9 Å². The molecule has 6 heteroatoms. The molecule has 1 aromatic rings. The van der Waals surface area contributed by atoms with Crippen LogP contribution in [0, 0.1) is 19.8 Å². The monoisotopic (exact) mass is 278 g/mol. The highest BCUT2D eigenvalue weighted by atomic mass is 16.5. The molecule has 20 heavy (non-hydrogen) atoms. The molecule has 1 aromatic heterocycles. The molecular weight excluding hydrogens is 256 g/mol. The second-order valence-electron chi connectivity index (χ2n) is 5.17. The maximum Gasteiger partial charge on any atom is 0.233 e. The van der Waals surface area contributed by atoms with Crippen LogP contribution in [0.15, 0.2) is 6.07 Å². The molecule has 1 saturated heterocycles. The molecule has 0 saturated carbocycles. The smallest absolute Gasteiger partial charge is 0.233 e. The number of hydrogen-bond donors (Lipinski definition) is 2. The van der Waals surface area contributed by atoms with Crippen LogP contribution in [0.3, 0.4) is 0 Å². The summed E-state index contributed by atoms with van der Waals surface area (Å²) in [4.78, 5) is 20.8. The normalized spacial score (nSPS) is 21.9. The molecule has 1 fully saturated rings. The summed E-state index contributed by atoms with van der Waals surface area (Å²) in [6, 6.07) is 1.95. The molecule has 2 rings (SSSR count). The molecule has 2 unspecified atom stereocenters. The van der Waals surface area contributed by atoms with Crippen LogP contribution >= 0.6 is 0 Å². The summed E-state index contributed by atoms with van der Waals surface area (Å²) in [6.07, 6.45) is 1.03. The maximum atomic E-state index is 12.3. The Hall–Kier alpha value is -1.53. The minimum atomic E-state index is -0.189. The molecule has 0 aromatic carbocycles. The van der Waals surface area contributed by atoms with Crippen LogP contribution in [-0.4, -0.2) is 41.7 Å². The predicted molar refractivity (Wildman–Crippen MR) is 76.5 cm³/mol. The highest BCUT2D eigenvalue weighted by molar-refractivity contribution is 5.91. The molecule has 110 valence electrons. The molecule has 0 bridgehead atoms. The van der Waals surface area contributed by atoms with E-state index in [1.807, 2.05) is 19.9 Å². The first-order chi connectivity index (χ1) is 9.60. The Morgan fingerprint density at radius 3 is 2.70 bits per heavy atom. The van der Waals surface area contributed by atoms with Crippen molar-refractivity contribution in [2.75, 3.05) is 25.1 Å². The molecule has 2 atom stereocenters. The van der Waals surface area contributed by atoms with Crippen molar-refractivity contribution in [2.24, 2.45) is 5.92 Å².